The van der Waals surface area contributed by atoms with E-state index in [2.05, 4.69) is 74.7 Å². The average molecular weight is 968 g/mol. The van der Waals surface area contributed by atoms with Gasteiger partial charge in [-0.25, -0.2) is 19.3 Å². The zero-order valence-corrected chi connectivity index (χ0v) is 38.1. The fourth-order valence-electron chi connectivity index (χ4n) is 5.54. The number of phosphoric acid groups is 3. The number of hydrogen-bond donors (Lipinski definition) is 5. The van der Waals surface area contributed by atoms with Crippen molar-refractivity contribution in [1.82, 2.24) is 30.2 Å². The molecule has 0 aliphatic carbocycles. The number of aromatic nitrogens is 4. The number of amides is 2. The van der Waals surface area contributed by atoms with E-state index in [1.165, 1.54) is 13.8 Å². The molecular weight excluding hydrogens is 915 g/mol. The van der Waals surface area contributed by atoms with Crippen LogP contribution in [0.15, 0.2) is 49.1 Å². The van der Waals surface area contributed by atoms with E-state index >= 15 is 0 Å². The van der Waals surface area contributed by atoms with Crippen LogP contribution in [0.4, 0.5) is 5.82 Å². The van der Waals surface area contributed by atoms with Crippen molar-refractivity contribution < 1.29 is 80.5 Å². The number of nitrogens with two attached hydrogens (primary N) is 1. The highest BCUT2D eigenvalue weighted by atomic mass is 32.2. The molecule has 63 heavy (non-hydrogen) atoms. The summed E-state index contributed by atoms with van der Waals surface area (Å²) in [4.78, 5) is 96.5. The number of unbranched alkanes of at least 4 members (excludes halogenated alkanes) is 2. The Morgan fingerprint density at radius 1 is 1.00 bits per heavy atom. The second kappa shape index (κ2) is 25.5. The van der Waals surface area contributed by atoms with Gasteiger partial charge in [0.2, 0.25) is 11.8 Å². The normalized spacial score (nSPS) is 21.0. The van der Waals surface area contributed by atoms with Crippen molar-refractivity contribution in [2.45, 2.75) is 96.4 Å². The maximum atomic E-state index is 12.6. The molecule has 2 aromatic heterocycles. The summed E-state index contributed by atoms with van der Waals surface area (Å²) in [6, 6.07) is 0. The molecule has 1 aliphatic rings. The lowest BCUT2D eigenvalue weighted by molar-refractivity contribution is -0.347. The maximum Gasteiger partial charge on any atom is 0.274 e. The van der Waals surface area contributed by atoms with Crippen molar-refractivity contribution in [2.75, 3.05) is 37.8 Å². The lowest BCUT2D eigenvalue weighted by Gasteiger charge is -2.36. The number of carbonyl (C=O) groups excluding carboxylic acids is 3. The van der Waals surface area contributed by atoms with Crippen LogP contribution in [0.5, 0.6) is 0 Å². The molecule has 28 heteroatoms. The van der Waals surface area contributed by atoms with E-state index in [0.29, 0.717) is 5.75 Å². The van der Waals surface area contributed by atoms with Crippen molar-refractivity contribution in [3.63, 3.8) is 0 Å². The number of imidazole rings is 1. The largest absolute Gasteiger partial charge is 0.790 e. The zero-order valence-electron chi connectivity index (χ0n) is 34.6. The van der Waals surface area contributed by atoms with Gasteiger partial charge >= 0.3 is 0 Å². The van der Waals surface area contributed by atoms with Gasteiger partial charge in [0.15, 0.2) is 22.8 Å². The summed E-state index contributed by atoms with van der Waals surface area (Å²) in [6.07, 6.45) is 9.73. The lowest BCUT2D eigenvalue weighted by Crippen LogP contribution is -2.46. The third-order valence-corrected chi connectivity index (χ3v) is 12.7. The number of anilines is 1. The van der Waals surface area contributed by atoms with Crippen molar-refractivity contribution in [3.05, 3.63) is 49.1 Å². The molecule has 3 rings (SSSR count). The highest BCUT2D eigenvalue weighted by Gasteiger charge is 2.47. The van der Waals surface area contributed by atoms with E-state index in [4.69, 9.17) is 10.5 Å². The number of nitrogens with zero attached hydrogens (tertiary/aromatic N) is 4. The summed E-state index contributed by atoms with van der Waals surface area (Å²) in [5.41, 5.74) is 4.07. The Morgan fingerprint density at radius 3 is 2.38 bits per heavy atom. The monoisotopic (exact) mass is 967 g/mol. The van der Waals surface area contributed by atoms with Crippen LogP contribution in [0.25, 0.3) is 11.2 Å². The van der Waals surface area contributed by atoms with E-state index in [1.54, 1.807) is 0 Å². The Kier molecular flexibility index (Phi) is 21.9. The molecule has 6 N–H and O–H groups in total. The van der Waals surface area contributed by atoms with Gasteiger partial charge < -0.3 is 69.0 Å². The summed E-state index contributed by atoms with van der Waals surface area (Å²) in [6.45, 7) is 2.18. The molecule has 7 atom stereocenters. The second-order valence-corrected chi connectivity index (χ2v) is 19.6. The number of thioether (sulfide) groups is 1. The molecule has 1 fully saturated rings. The first-order chi connectivity index (χ1) is 29.6. The highest BCUT2D eigenvalue weighted by Crippen LogP contribution is 2.56. The Morgan fingerprint density at radius 2 is 1.68 bits per heavy atom. The van der Waals surface area contributed by atoms with E-state index in [-0.39, 0.29) is 48.0 Å². The first-order valence-corrected chi connectivity index (χ1v) is 24.8. The molecule has 2 amide bonds. The molecule has 24 nitrogen and oxygen atoms in total. The SMILES string of the molecule is CC/C=C\C/C=C\CCC/C=C/CC(=O)SCCNC(=O)CCNC(=O)[C@H](O)C(C)(C)COP(=O)([O-])OP(=O)([O-])OC[C@H]1O[C@@H](n2cnc3c(N)ncnc32)[C@H](O)[C@@H]1OP(=O)([O-])[O-]. The third-order valence-electron chi connectivity index (χ3n) is 8.77. The lowest BCUT2D eigenvalue weighted by atomic mass is 9.87. The number of aliphatic hydroxyl groups is 2. The van der Waals surface area contributed by atoms with Crippen LogP contribution >= 0.6 is 35.2 Å². The predicted molar refractivity (Wildman–Crippen MR) is 219 cm³/mol. The van der Waals surface area contributed by atoms with Crippen LogP contribution < -0.4 is 35.9 Å². The Bertz CT molecular complexity index is 2070. The number of carbonyl (C=O) groups is 3. The molecule has 2 unspecified atom stereocenters. The fraction of sp³-hybridized carbons (Fsp3) is 0.600. The molecule has 0 aromatic carbocycles. The van der Waals surface area contributed by atoms with Crippen molar-refractivity contribution in [2.24, 2.45) is 5.41 Å². The van der Waals surface area contributed by atoms with Gasteiger partial charge in [-0.1, -0.05) is 69.0 Å². The van der Waals surface area contributed by atoms with Crippen LogP contribution in [0.3, 0.4) is 0 Å². The molecule has 0 bridgehead atoms. The number of rotatable bonds is 28. The number of phosphoric ester groups is 3. The van der Waals surface area contributed by atoms with Crippen LogP contribution in [-0.2, 0) is 50.7 Å². The summed E-state index contributed by atoms with van der Waals surface area (Å²) < 4.78 is 60.7. The maximum absolute atomic E-state index is 12.6. The van der Waals surface area contributed by atoms with Gasteiger partial charge in [-0.05, 0) is 32.1 Å². The van der Waals surface area contributed by atoms with Crippen LogP contribution in [0, 0.1) is 5.41 Å². The first kappa shape index (κ1) is 54.1. The van der Waals surface area contributed by atoms with Gasteiger partial charge in [0.1, 0.15) is 36.3 Å². The van der Waals surface area contributed by atoms with E-state index < -0.39 is 84.6 Å². The average Bonchev–Trinajstić information content (AvgIpc) is 3.76. The highest BCUT2D eigenvalue weighted by molar-refractivity contribution is 8.13. The number of aliphatic hydroxyl groups excluding tert-OH is 2. The first-order valence-electron chi connectivity index (χ1n) is 19.5. The summed E-state index contributed by atoms with van der Waals surface area (Å²) in [5, 5.41) is 26.3. The molecule has 1 aliphatic heterocycles. The van der Waals surface area contributed by atoms with E-state index in [0.717, 1.165) is 61.1 Å². The summed E-state index contributed by atoms with van der Waals surface area (Å²) in [5.74, 6) is -1.22. The Labute approximate surface area is 367 Å². The predicted octanol–water partition coefficient (Wildman–Crippen LogP) is 0.166. The zero-order chi connectivity index (χ0) is 46.8. The number of nitrogen functional groups attached to an aromatic ring is 1. The van der Waals surface area contributed by atoms with Crippen molar-refractivity contribution in [1.29, 1.82) is 0 Å². The molecule has 354 valence electrons. The summed E-state index contributed by atoms with van der Waals surface area (Å²) in [7, 11) is -17.6. The van der Waals surface area contributed by atoms with Crippen LogP contribution in [-0.4, -0.2) is 103 Å². The Balaban J connectivity index is 1.38. The number of ether oxygens (including phenoxy) is 1. The van der Waals surface area contributed by atoms with Crippen molar-refractivity contribution in [3.8, 4) is 0 Å². The molecule has 0 saturated carbocycles. The minimum Gasteiger partial charge on any atom is -0.790 e. The fourth-order valence-corrected chi connectivity index (χ4v) is 8.92. The van der Waals surface area contributed by atoms with Gasteiger partial charge in [-0.15, -0.1) is 0 Å². The van der Waals surface area contributed by atoms with Crippen LogP contribution in [0.2, 0.25) is 0 Å². The van der Waals surface area contributed by atoms with E-state index in [9.17, 15) is 57.9 Å². The summed E-state index contributed by atoms with van der Waals surface area (Å²) >= 11 is 1.07. The molecule has 0 radical (unpaired) electrons. The standard InChI is InChI=1S/C35H56N7O17P3S/c1-4-5-6-7-8-9-10-11-12-13-14-15-26(44)63-19-18-37-25(43)16-17-38-33(47)30(46)35(2,3)21-56-62(53,54)59-61(51,52)55-20-24-29(58-60(48,49)50)28(45)34(57-24)42-23-41-27-31(36)39-22-40-32(27)42/h5-6,8-9,13-14,22-24,28-30,34,45-46H,4,7,10-12,15-21H2,1-3H3,(H,37,43)(H,38,47)(H,51,52)(H,53,54)(H2,36,39,40)(H2,48,49,50)/p-4/b6-5-,9-8-,14-13+/t24-,28-,29-,30+,34-/m1/s1. The van der Waals surface area contributed by atoms with Gasteiger partial charge in [0.25, 0.3) is 15.6 Å². The minimum atomic E-state index is -5.92. The topological polar surface area (TPSA) is 375 Å². The number of allylic oxidation sites excluding steroid dienone is 6. The molecule has 0 spiro atoms. The van der Waals surface area contributed by atoms with Gasteiger partial charge in [0, 0.05) is 37.1 Å². The third kappa shape index (κ3) is 19.0. The van der Waals surface area contributed by atoms with E-state index in [1.807, 2.05) is 12.2 Å². The number of fused-ring (bicyclic) bond motifs is 1. The van der Waals surface area contributed by atoms with Crippen LogP contribution in [0.1, 0.15) is 71.9 Å². The number of hydrogen-bond acceptors (Lipinski definition) is 22. The minimum absolute atomic E-state index is 0.0216. The van der Waals surface area contributed by atoms with Crippen molar-refractivity contribution >= 4 is 69.1 Å². The quantitative estimate of drug-likeness (QED) is 0.0431. The molecule has 3 heterocycles. The molecular formula is C35H52N7O17P3S-4. The van der Waals surface area contributed by atoms with Gasteiger partial charge in [0.05, 0.1) is 27.4 Å². The second-order valence-electron chi connectivity index (χ2n) is 14.4. The van der Waals surface area contributed by atoms with Gasteiger partial charge in [-0.2, -0.15) is 0 Å². The smallest absolute Gasteiger partial charge is 0.274 e. The number of nitrogens with one attached hydrogen (secondary N) is 2. The Hall–Kier alpha value is -3.22. The molecule has 1 saturated heterocycles. The molecule has 2 aromatic rings. The van der Waals surface area contributed by atoms with Gasteiger partial charge in [-0.3, -0.25) is 28.1 Å².